The first-order valence-corrected chi connectivity index (χ1v) is 5.11. The number of pyridine rings is 1. The van der Waals surface area contributed by atoms with E-state index in [-0.39, 0.29) is 0 Å². The van der Waals surface area contributed by atoms with Crippen LogP contribution >= 0.6 is 11.6 Å². The number of hydrogen-bond donors (Lipinski definition) is 1. The maximum absolute atomic E-state index is 11.6. The van der Waals surface area contributed by atoms with E-state index >= 15 is 0 Å². The number of nitrogens with two attached hydrogens (primary N) is 1. The highest BCUT2D eigenvalue weighted by atomic mass is 35.5. The molecule has 2 aromatic heterocycles. The summed E-state index contributed by atoms with van der Waals surface area (Å²) < 4.78 is 6.39. The molecule has 0 spiro atoms. The number of halogens is 1. The molecule has 2 heterocycles. The van der Waals surface area contributed by atoms with Crippen LogP contribution in [0.1, 0.15) is 17.3 Å². The van der Waals surface area contributed by atoms with Crippen LogP contribution in [-0.4, -0.2) is 22.2 Å². The van der Waals surface area contributed by atoms with Gasteiger partial charge in [0.2, 0.25) is 0 Å². The monoisotopic (exact) mass is 239 g/mol. The SMILES string of the molecule is CCOC(=O)c1cnn2ccc(N)c(Cl)c12. The van der Waals surface area contributed by atoms with E-state index in [1.165, 1.54) is 10.7 Å². The van der Waals surface area contributed by atoms with Crippen molar-refractivity contribution in [3.63, 3.8) is 0 Å². The molecule has 0 atom stereocenters. The lowest BCUT2D eigenvalue weighted by atomic mass is 10.2. The number of esters is 1. The number of fused-ring (bicyclic) bond motifs is 1. The van der Waals surface area contributed by atoms with E-state index in [4.69, 9.17) is 22.1 Å². The van der Waals surface area contributed by atoms with E-state index in [1.807, 2.05) is 0 Å². The Hall–Kier alpha value is -1.75. The molecule has 0 aliphatic heterocycles. The first kappa shape index (κ1) is 10.8. The zero-order valence-corrected chi connectivity index (χ0v) is 9.36. The van der Waals surface area contributed by atoms with Gasteiger partial charge >= 0.3 is 5.97 Å². The Bertz CT molecular complexity index is 550. The van der Waals surface area contributed by atoms with Crippen LogP contribution in [0.5, 0.6) is 0 Å². The molecule has 5 nitrogen and oxygen atoms in total. The largest absolute Gasteiger partial charge is 0.462 e. The van der Waals surface area contributed by atoms with Crippen molar-refractivity contribution >= 4 is 28.8 Å². The van der Waals surface area contributed by atoms with Gasteiger partial charge in [-0.2, -0.15) is 5.10 Å². The Kier molecular flexibility index (Phi) is 2.70. The van der Waals surface area contributed by atoms with Gasteiger partial charge in [0, 0.05) is 6.20 Å². The molecule has 0 aliphatic rings. The lowest BCUT2D eigenvalue weighted by Crippen LogP contribution is -2.04. The van der Waals surface area contributed by atoms with Crippen molar-refractivity contribution in [3.8, 4) is 0 Å². The van der Waals surface area contributed by atoms with Crippen molar-refractivity contribution < 1.29 is 9.53 Å². The van der Waals surface area contributed by atoms with Crippen molar-refractivity contribution in [2.24, 2.45) is 0 Å². The van der Waals surface area contributed by atoms with Gasteiger partial charge in [-0.15, -0.1) is 0 Å². The maximum Gasteiger partial charge on any atom is 0.342 e. The lowest BCUT2D eigenvalue weighted by Gasteiger charge is -2.03. The molecule has 84 valence electrons. The van der Waals surface area contributed by atoms with Crippen molar-refractivity contribution in [2.45, 2.75) is 6.92 Å². The zero-order valence-electron chi connectivity index (χ0n) is 8.61. The fourth-order valence-corrected chi connectivity index (χ4v) is 1.66. The Labute approximate surface area is 96.8 Å². The minimum absolute atomic E-state index is 0.302. The number of nitrogen functional groups attached to an aromatic ring is 1. The van der Waals surface area contributed by atoms with Crippen LogP contribution in [0.25, 0.3) is 5.52 Å². The molecule has 16 heavy (non-hydrogen) atoms. The summed E-state index contributed by atoms with van der Waals surface area (Å²) in [5.74, 6) is -0.454. The van der Waals surface area contributed by atoms with Crippen molar-refractivity contribution in [2.75, 3.05) is 12.3 Å². The number of carbonyl (C=O) groups is 1. The third-order valence-electron chi connectivity index (χ3n) is 2.15. The minimum Gasteiger partial charge on any atom is -0.462 e. The molecule has 0 amide bonds. The van der Waals surface area contributed by atoms with Crippen LogP contribution in [0.3, 0.4) is 0 Å². The van der Waals surface area contributed by atoms with Gasteiger partial charge in [-0.25, -0.2) is 9.31 Å². The van der Waals surface area contributed by atoms with Gasteiger partial charge < -0.3 is 10.5 Å². The molecule has 2 rings (SSSR count). The van der Waals surface area contributed by atoms with Gasteiger partial charge in [0.05, 0.1) is 23.5 Å². The first-order valence-electron chi connectivity index (χ1n) is 4.73. The molecule has 0 bridgehead atoms. The molecule has 0 aromatic carbocycles. The van der Waals surface area contributed by atoms with E-state index in [0.29, 0.717) is 28.4 Å². The summed E-state index contributed by atoms with van der Waals surface area (Å²) >= 11 is 6.02. The summed E-state index contributed by atoms with van der Waals surface area (Å²) in [7, 11) is 0. The highest BCUT2D eigenvalue weighted by Gasteiger charge is 2.17. The fraction of sp³-hybridized carbons (Fsp3) is 0.200. The second-order valence-corrected chi connectivity index (χ2v) is 3.53. The van der Waals surface area contributed by atoms with Gasteiger partial charge in [0.15, 0.2) is 0 Å². The highest BCUT2D eigenvalue weighted by molar-refractivity contribution is 6.37. The second kappa shape index (κ2) is 4.02. The third-order valence-corrected chi connectivity index (χ3v) is 2.54. The van der Waals surface area contributed by atoms with E-state index in [2.05, 4.69) is 5.10 Å². The molecular formula is C10H10ClN3O2. The van der Waals surface area contributed by atoms with E-state index in [9.17, 15) is 4.79 Å². The summed E-state index contributed by atoms with van der Waals surface area (Å²) in [5.41, 5.74) is 6.86. The molecule has 0 saturated heterocycles. The highest BCUT2D eigenvalue weighted by Crippen LogP contribution is 2.27. The Morgan fingerprint density at radius 1 is 1.69 bits per heavy atom. The quantitative estimate of drug-likeness (QED) is 0.811. The van der Waals surface area contributed by atoms with E-state index in [1.54, 1.807) is 19.2 Å². The number of rotatable bonds is 2. The molecule has 0 fully saturated rings. The standard InChI is InChI=1S/C10H10ClN3O2/c1-2-16-10(15)6-5-13-14-4-3-7(12)8(11)9(6)14/h3-5H,2,12H2,1H3. The lowest BCUT2D eigenvalue weighted by molar-refractivity contribution is 0.0528. The zero-order chi connectivity index (χ0) is 11.7. The molecule has 2 aromatic rings. The van der Waals surface area contributed by atoms with Gasteiger partial charge in [0.1, 0.15) is 11.1 Å². The van der Waals surface area contributed by atoms with Crippen molar-refractivity contribution in [1.82, 2.24) is 9.61 Å². The predicted octanol–water partition coefficient (Wildman–Crippen LogP) is 1.75. The third kappa shape index (κ3) is 1.59. The average Bonchev–Trinajstić information content (AvgIpc) is 2.68. The van der Waals surface area contributed by atoms with Gasteiger partial charge in [0.25, 0.3) is 0 Å². The summed E-state index contributed by atoms with van der Waals surface area (Å²) in [6.45, 7) is 2.04. The Morgan fingerprint density at radius 3 is 3.12 bits per heavy atom. The fourth-order valence-electron chi connectivity index (χ4n) is 1.41. The Balaban J connectivity index is 2.63. The van der Waals surface area contributed by atoms with Crippen LogP contribution < -0.4 is 5.73 Å². The van der Waals surface area contributed by atoms with Crippen molar-refractivity contribution in [1.29, 1.82) is 0 Å². The summed E-state index contributed by atoms with van der Waals surface area (Å²) in [6, 6.07) is 1.62. The number of hydrogen-bond acceptors (Lipinski definition) is 4. The number of nitrogens with zero attached hydrogens (tertiary/aromatic N) is 2. The molecular weight excluding hydrogens is 230 g/mol. The Morgan fingerprint density at radius 2 is 2.44 bits per heavy atom. The van der Waals surface area contributed by atoms with Crippen LogP contribution in [0.2, 0.25) is 5.02 Å². The molecule has 0 aliphatic carbocycles. The van der Waals surface area contributed by atoms with E-state index < -0.39 is 5.97 Å². The number of anilines is 1. The first-order chi connectivity index (χ1) is 7.65. The van der Waals surface area contributed by atoms with Crippen LogP contribution in [0.4, 0.5) is 5.69 Å². The number of carbonyl (C=O) groups excluding carboxylic acids is 1. The summed E-state index contributed by atoms with van der Waals surface area (Å²) in [5, 5.41) is 4.31. The summed E-state index contributed by atoms with van der Waals surface area (Å²) in [4.78, 5) is 11.6. The molecule has 0 unspecified atom stereocenters. The topological polar surface area (TPSA) is 69.6 Å². The molecule has 2 N–H and O–H groups in total. The normalized spacial score (nSPS) is 10.6. The van der Waals surface area contributed by atoms with Crippen LogP contribution in [0.15, 0.2) is 18.5 Å². The predicted molar refractivity (Wildman–Crippen MR) is 60.6 cm³/mol. The number of aromatic nitrogens is 2. The molecule has 0 saturated carbocycles. The smallest absolute Gasteiger partial charge is 0.342 e. The molecule has 0 radical (unpaired) electrons. The van der Waals surface area contributed by atoms with Crippen molar-refractivity contribution in [3.05, 3.63) is 29.0 Å². The number of ether oxygens (including phenoxy) is 1. The van der Waals surface area contributed by atoms with Crippen LogP contribution in [-0.2, 0) is 4.74 Å². The average molecular weight is 240 g/mol. The van der Waals surface area contributed by atoms with Crippen LogP contribution in [0, 0.1) is 0 Å². The van der Waals surface area contributed by atoms with Gasteiger partial charge in [-0.05, 0) is 13.0 Å². The van der Waals surface area contributed by atoms with Gasteiger partial charge in [-0.1, -0.05) is 11.6 Å². The minimum atomic E-state index is -0.454. The second-order valence-electron chi connectivity index (χ2n) is 3.16. The van der Waals surface area contributed by atoms with Gasteiger partial charge in [-0.3, -0.25) is 0 Å². The maximum atomic E-state index is 11.6. The van der Waals surface area contributed by atoms with E-state index in [0.717, 1.165) is 0 Å². The summed E-state index contributed by atoms with van der Waals surface area (Å²) in [6.07, 6.45) is 3.05. The molecule has 6 heteroatoms.